The minimum Gasteiger partial charge on any atom is -0.385 e. The molecule has 0 aliphatic carbocycles. The second kappa shape index (κ2) is 8.64. The largest absolute Gasteiger partial charge is 0.385 e. The van der Waals surface area contributed by atoms with Crippen LogP contribution in [0.3, 0.4) is 0 Å². The summed E-state index contributed by atoms with van der Waals surface area (Å²) in [4.78, 5) is 0. The Labute approximate surface area is 118 Å². The molecule has 1 aromatic carbocycles. The Morgan fingerprint density at radius 1 is 1.28 bits per heavy atom. The number of hydrogen-bond donors (Lipinski definition) is 1. The molecule has 0 aliphatic rings. The molecule has 4 heteroatoms. The Bertz CT molecular complexity index is 346. The lowest BCUT2D eigenvalue weighted by molar-refractivity contribution is 0.0218. The first-order valence-electron chi connectivity index (χ1n) is 6.31. The fraction of sp³-hybridized carbons (Fsp3) is 0.571. The lowest BCUT2D eigenvalue weighted by Gasteiger charge is -2.24. The third-order valence-electron chi connectivity index (χ3n) is 2.86. The van der Waals surface area contributed by atoms with Gasteiger partial charge in [0.05, 0.1) is 6.10 Å². The van der Waals surface area contributed by atoms with Gasteiger partial charge in [-0.1, -0.05) is 41.1 Å². The van der Waals surface area contributed by atoms with E-state index < -0.39 is 0 Å². The topological polar surface area (TPSA) is 44.5 Å². The molecule has 2 unspecified atom stereocenters. The number of methoxy groups -OCH3 is 1. The molecule has 0 fully saturated rings. The predicted octanol–water partition coefficient (Wildman–Crippen LogP) is 3.28. The summed E-state index contributed by atoms with van der Waals surface area (Å²) in [5.41, 5.74) is 7.27. The van der Waals surface area contributed by atoms with Crippen LogP contribution in [0.4, 0.5) is 0 Å². The quantitative estimate of drug-likeness (QED) is 0.749. The number of rotatable bonds is 8. The zero-order valence-corrected chi connectivity index (χ0v) is 12.7. The Morgan fingerprint density at radius 2 is 2.00 bits per heavy atom. The maximum absolute atomic E-state index is 6.16. The van der Waals surface area contributed by atoms with Gasteiger partial charge in [-0.05, 0) is 24.5 Å². The van der Waals surface area contributed by atoms with E-state index >= 15 is 0 Å². The minimum atomic E-state index is -0.0672. The molecule has 1 rings (SSSR count). The van der Waals surface area contributed by atoms with Crippen LogP contribution < -0.4 is 5.73 Å². The maximum Gasteiger partial charge on any atom is 0.0986 e. The van der Waals surface area contributed by atoms with Gasteiger partial charge in [0, 0.05) is 30.8 Å². The lowest BCUT2D eigenvalue weighted by Crippen LogP contribution is -2.30. The molecule has 2 N–H and O–H groups in total. The van der Waals surface area contributed by atoms with E-state index in [0.717, 1.165) is 22.9 Å². The summed E-state index contributed by atoms with van der Waals surface area (Å²) >= 11 is 3.56. The summed E-state index contributed by atoms with van der Waals surface area (Å²) in [7, 11) is 1.70. The molecule has 18 heavy (non-hydrogen) atoms. The fourth-order valence-electron chi connectivity index (χ4n) is 1.78. The van der Waals surface area contributed by atoms with Crippen LogP contribution in [-0.4, -0.2) is 26.4 Å². The number of ether oxygens (including phenoxy) is 2. The highest BCUT2D eigenvalue weighted by atomic mass is 79.9. The molecule has 3 nitrogen and oxygen atoms in total. The van der Waals surface area contributed by atoms with Gasteiger partial charge in [0.15, 0.2) is 0 Å². The first kappa shape index (κ1) is 15.6. The standard InChI is InChI=1S/C14H22BrNO2/c1-3-13(16)14(18-10-6-9-17-2)11-7-4-5-8-12(11)15/h4-5,7-8,13-14H,3,6,9-10,16H2,1-2H3. The van der Waals surface area contributed by atoms with Crippen LogP contribution in [0.5, 0.6) is 0 Å². The van der Waals surface area contributed by atoms with Gasteiger partial charge in [0.2, 0.25) is 0 Å². The van der Waals surface area contributed by atoms with E-state index in [0.29, 0.717) is 13.2 Å². The van der Waals surface area contributed by atoms with Gasteiger partial charge in [0.25, 0.3) is 0 Å². The molecule has 0 saturated carbocycles. The van der Waals surface area contributed by atoms with Crippen molar-refractivity contribution in [2.24, 2.45) is 5.73 Å². The smallest absolute Gasteiger partial charge is 0.0986 e. The van der Waals surface area contributed by atoms with Crippen molar-refractivity contribution >= 4 is 15.9 Å². The molecule has 0 amide bonds. The Balaban J connectivity index is 2.69. The van der Waals surface area contributed by atoms with E-state index in [2.05, 4.69) is 28.9 Å². The lowest BCUT2D eigenvalue weighted by atomic mass is 10.0. The summed E-state index contributed by atoms with van der Waals surface area (Å²) < 4.78 is 12.0. The average molecular weight is 316 g/mol. The minimum absolute atomic E-state index is 0.00578. The van der Waals surface area contributed by atoms with Crippen molar-refractivity contribution in [1.82, 2.24) is 0 Å². The third-order valence-corrected chi connectivity index (χ3v) is 3.58. The van der Waals surface area contributed by atoms with Crippen molar-refractivity contribution in [3.05, 3.63) is 34.3 Å². The summed E-state index contributed by atoms with van der Waals surface area (Å²) in [6.45, 7) is 3.45. The van der Waals surface area contributed by atoms with Gasteiger partial charge in [-0.25, -0.2) is 0 Å². The van der Waals surface area contributed by atoms with Crippen LogP contribution in [0, 0.1) is 0 Å². The first-order chi connectivity index (χ1) is 8.70. The first-order valence-corrected chi connectivity index (χ1v) is 7.10. The summed E-state index contributed by atoms with van der Waals surface area (Å²) in [5.74, 6) is 0. The van der Waals surface area contributed by atoms with E-state index in [1.54, 1.807) is 7.11 Å². The van der Waals surface area contributed by atoms with Gasteiger partial charge in [-0.15, -0.1) is 0 Å². The van der Waals surface area contributed by atoms with E-state index in [-0.39, 0.29) is 12.1 Å². The monoisotopic (exact) mass is 315 g/mol. The maximum atomic E-state index is 6.16. The molecule has 0 aromatic heterocycles. The molecule has 0 bridgehead atoms. The van der Waals surface area contributed by atoms with Gasteiger partial charge in [-0.2, -0.15) is 0 Å². The number of halogens is 1. The van der Waals surface area contributed by atoms with Gasteiger partial charge < -0.3 is 15.2 Å². The molecule has 0 radical (unpaired) electrons. The van der Waals surface area contributed by atoms with Crippen LogP contribution in [0.25, 0.3) is 0 Å². The highest BCUT2D eigenvalue weighted by molar-refractivity contribution is 9.10. The van der Waals surface area contributed by atoms with E-state index in [1.807, 2.05) is 18.2 Å². The molecule has 0 saturated heterocycles. The number of benzene rings is 1. The number of hydrogen-bond acceptors (Lipinski definition) is 3. The molecule has 0 aliphatic heterocycles. The SMILES string of the molecule is CCC(N)C(OCCCOC)c1ccccc1Br. The van der Waals surface area contributed by atoms with Crippen LogP contribution in [0.2, 0.25) is 0 Å². The van der Waals surface area contributed by atoms with E-state index in [1.165, 1.54) is 0 Å². The van der Waals surface area contributed by atoms with Crippen molar-refractivity contribution in [2.45, 2.75) is 31.9 Å². The summed E-state index contributed by atoms with van der Waals surface area (Å²) in [6.07, 6.45) is 1.70. The predicted molar refractivity (Wildman–Crippen MR) is 77.6 cm³/mol. The van der Waals surface area contributed by atoms with E-state index in [9.17, 15) is 0 Å². The normalized spacial score (nSPS) is 14.4. The van der Waals surface area contributed by atoms with Crippen LogP contribution in [0.1, 0.15) is 31.4 Å². The van der Waals surface area contributed by atoms with Crippen molar-refractivity contribution < 1.29 is 9.47 Å². The molecule has 102 valence electrons. The Morgan fingerprint density at radius 3 is 2.61 bits per heavy atom. The van der Waals surface area contributed by atoms with Crippen LogP contribution in [0.15, 0.2) is 28.7 Å². The molecule has 0 heterocycles. The molecular weight excluding hydrogens is 294 g/mol. The van der Waals surface area contributed by atoms with Crippen LogP contribution in [-0.2, 0) is 9.47 Å². The van der Waals surface area contributed by atoms with E-state index in [4.69, 9.17) is 15.2 Å². The molecule has 0 spiro atoms. The van der Waals surface area contributed by atoms with Crippen molar-refractivity contribution in [2.75, 3.05) is 20.3 Å². The van der Waals surface area contributed by atoms with Crippen molar-refractivity contribution in [3.63, 3.8) is 0 Å². The second-order valence-corrected chi connectivity index (χ2v) is 5.09. The van der Waals surface area contributed by atoms with Gasteiger partial charge >= 0.3 is 0 Å². The third kappa shape index (κ3) is 4.69. The number of nitrogens with two attached hydrogens (primary N) is 1. The highest BCUT2D eigenvalue weighted by Crippen LogP contribution is 2.28. The second-order valence-electron chi connectivity index (χ2n) is 4.23. The van der Waals surface area contributed by atoms with Gasteiger partial charge in [0.1, 0.15) is 0 Å². The van der Waals surface area contributed by atoms with Crippen molar-refractivity contribution in [3.8, 4) is 0 Å². The fourth-order valence-corrected chi connectivity index (χ4v) is 2.29. The van der Waals surface area contributed by atoms with Crippen LogP contribution >= 0.6 is 15.9 Å². The Kier molecular flexibility index (Phi) is 7.51. The molecular formula is C14H22BrNO2. The molecule has 1 aromatic rings. The van der Waals surface area contributed by atoms with Gasteiger partial charge in [-0.3, -0.25) is 0 Å². The summed E-state index contributed by atoms with van der Waals surface area (Å²) in [5, 5.41) is 0. The molecule has 2 atom stereocenters. The zero-order valence-electron chi connectivity index (χ0n) is 11.1. The average Bonchev–Trinajstić information content (AvgIpc) is 2.39. The highest BCUT2D eigenvalue weighted by Gasteiger charge is 2.21. The zero-order chi connectivity index (χ0) is 13.4. The summed E-state index contributed by atoms with van der Waals surface area (Å²) in [6, 6.07) is 8.08. The van der Waals surface area contributed by atoms with Crippen molar-refractivity contribution in [1.29, 1.82) is 0 Å². The Hall–Kier alpha value is -0.420.